The average Bonchev–Trinajstić information content (AvgIpc) is 3.17. The molecule has 0 spiro atoms. The van der Waals surface area contributed by atoms with E-state index >= 15 is 0 Å². The minimum atomic E-state index is -0.0982. The summed E-state index contributed by atoms with van der Waals surface area (Å²) in [5, 5.41) is 12.6. The number of nitriles is 1. The minimum absolute atomic E-state index is 0.0982. The first kappa shape index (κ1) is 19.9. The molecule has 7 nitrogen and oxygen atoms in total. The van der Waals surface area contributed by atoms with Crippen LogP contribution in [0.25, 0.3) is 0 Å². The van der Waals surface area contributed by atoms with E-state index in [0.717, 1.165) is 43.8 Å². The van der Waals surface area contributed by atoms with E-state index in [9.17, 15) is 10.1 Å². The number of amides is 1. The maximum Gasteiger partial charge on any atom is 0.239 e. The van der Waals surface area contributed by atoms with Gasteiger partial charge in [0.05, 0.1) is 37.0 Å². The van der Waals surface area contributed by atoms with Crippen LogP contribution in [0.5, 0.6) is 0 Å². The van der Waals surface area contributed by atoms with Crippen LogP contribution < -0.4 is 5.32 Å². The van der Waals surface area contributed by atoms with Crippen molar-refractivity contribution in [3.8, 4) is 6.07 Å². The summed E-state index contributed by atoms with van der Waals surface area (Å²) >= 11 is 0. The predicted molar refractivity (Wildman–Crippen MR) is 103 cm³/mol. The third kappa shape index (κ3) is 4.52. The molecule has 0 bridgehead atoms. The molecule has 2 aliphatic rings. The van der Waals surface area contributed by atoms with Crippen molar-refractivity contribution in [1.82, 2.24) is 9.47 Å². The number of aromatic nitrogens is 1. The summed E-state index contributed by atoms with van der Waals surface area (Å²) in [6, 6.07) is 2.26. The smallest absolute Gasteiger partial charge is 0.239 e. The molecule has 1 aromatic rings. The molecule has 0 radical (unpaired) electrons. The highest BCUT2D eigenvalue weighted by Gasteiger charge is 2.26. The molecule has 3 rings (SSSR count). The Morgan fingerprint density at radius 2 is 2.00 bits per heavy atom. The lowest BCUT2D eigenvalue weighted by atomic mass is 10.2. The fraction of sp³-hybridized carbons (Fsp3) is 0.700. The second-order valence-electron chi connectivity index (χ2n) is 7.79. The van der Waals surface area contributed by atoms with Gasteiger partial charge in [0.25, 0.3) is 0 Å². The quantitative estimate of drug-likeness (QED) is 0.855. The van der Waals surface area contributed by atoms with Gasteiger partial charge in [0.1, 0.15) is 11.9 Å². The standard InChI is InChI=1S/C20H30N4O3/c1-13-9-23(10-14(2)27-13)12-19(25)22-20-18(8-21)15(3)16(4)24(20)11-17-6-5-7-26-17/h13-14,17H,5-7,9-12H2,1-4H3,(H,22,25)/t13-,14-,17+/m1/s1. The zero-order valence-corrected chi connectivity index (χ0v) is 16.7. The monoisotopic (exact) mass is 374 g/mol. The molecule has 2 aliphatic heterocycles. The van der Waals surface area contributed by atoms with Crippen molar-refractivity contribution in [2.75, 3.05) is 31.6 Å². The molecule has 0 aliphatic carbocycles. The second-order valence-corrected chi connectivity index (χ2v) is 7.79. The zero-order valence-electron chi connectivity index (χ0n) is 16.7. The van der Waals surface area contributed by atoms with Crippen molar-refractivity contribution in [1.29, 1.82) is 5.26 Å². The summed E-state index contributed by atoms with van der Waals surface area (Å²) in [5.41, 5.74) is 2.47. The Morgan fingerprint density at radius 3 is 2.59 bits per heavy atom. The molecule has 148 valence electrons. The van der Waals surface area contributed by atoms with E-state index in [2.05, 4.69) is 16.3 Å². The number of nitrogens with one attached hydrogen (secondary N) is 1. The molecule has 3 heterocycles. The van der Waals surface area contributed by atoms with Gasteiger partial charge in [0.15, 0.2) is 0 Å². The van der Waals surface area contributed by atoms with Crippen molar-refractivity contribution in [3.05, 3.63) is 16.8 Å². The first-order valence-electron chi connectivity index (χ1n) is 9.78. The van der Waals surface area contributed by atoms with Gasteiger partial charge in [-0.2, -0.15) is 5.26 Å². The molecule has 0 aromatic carbocycles. The Morgan fingerprint density at radius 1 is 1.30 bits per heavy atom. The first-order chi connectivity index (χ1) is 12.9. The molecule has 0 saturated carbocycles. The SMILES string of the molecule is Cc1c(C#N)c(NC(=O)CN2C[C@@H](C)O[C@H](C)C2)n(C[C@@H]2CCCO2)c1C. The zero-order chi connectivity index (χ0) is 19.6. The van der Waals surface area contributed by atoms with E-state index in [-0.39, 0.29) is 24.2 Å². The molecule has 2 fully saturated rings. The Balaban J connectivity index is 1.75. The lowest BCUT2D eigenvalue weighted by Crippen LogP contribution is -2.48. The van der Waals surface area contributed by atoms with Gasteiger partial charge < -0.3 is 19.4 Å². The Kier molecular flexibility index (Phi) is 6.20. The van der Waals surface area contributed by atoms with Crippen LogP contribution in [-0.4, -0.2) is 59.9 Å². The molecule has 3 atom stereocenters. The van der Waals surface area contributed by atoms with Gasteiger partial charge in [-0.25, -0.2) is 0 Å². The number of ether oxygens (including phenoxy) is 2. The largest absolute Gasteiger partial charge is 0.376 e. The molecular weight excluding hydrogens is 344 g/mol. The topological polar surface area (TPSA) is 79.5 Å². The maximum absolute atomic E-state index is 12.7. The molecule has 2 saturated heterocycles. The van der Waals surface area contributed by atoms with Gasteiger partial charge in [-0.1, -0.05) is 0 Å². The highest BCUT2D eigenvalue weighted by Crippen LogP contribution is 2.28. The predicted octanol–water partition coefficient (Wildman–Crippen LogP) is 2.20. The summed E-state index contributed by atoms with van der Waals surface area (Å²) in [5.74, 6) is 0.501. The van der Waals surface area contributed by atoms with Crippen molar-refractivity contribution in [2.45, 2.75) is 65.4 Å². The molecule has 1 aromatic heterocycles. The van der Waals surface area contributed by atoms with Gasteiger partial charge >= 0.3 is 0 Å². The number of hydrogen-bond acceptors (Lipinski definition) is 5. The lowest BCUT2D eigenvalue weighted by molar-refractivity contribution is -0.121. The molecule has 0 unspecified atom stereocenters. The van der Waals surface area contributed by atoms with Gasteiger partial charge in [-0.05, 0) is 46.1 Å². The number of hydrogen-bond donors (Lipinski definition) is 1. The van der Waals surface area contributed by atoms with Gasteiger partial charge in [0.2, 0.25) is 5.91 Å². The normalized spacial score (nSPS) is 26.1. The molecule has 1 N–H and O–H groups in total. The third-order valence-corrected chi connectivity index (χ3v) is 5.47. The van der Waals surface area contributed by atoms with E-state index in [1.165, 1.54) is 0 Å². The summed E-state index contributed by atoms with van der Waals surface area (Å²) in [7, 11) is 0. The van der Waals surface area contributed by atoms with Gasteiger partial charge in [-0.15, -0.1) is 0 Å². The van der Waals surface area contributed by atoms with Crippen LogP contribution in [0.4, 0.5) is 5.82 Å². The van der Waals surface area contributed by atoms with Crippen LogP contribution in [0.15, 0.2) is 0 Å². The van der Waals surface area contributed by atoms with Gasteiger partial charge in [0, 0.05) is 25.4 Å². The van der Waals surface area contributed by atoms with E-state index < -0.39 is 0 Å². The Labute approximate surface area is 161 Å². The van der Waals surface area contributed by atoms with E-state index in [4.69, 9.17) is 9.47 Å². The molecular formula is C20H30N4O3. The fourth-order valence-electron chi connectivity index (χ4n) is 4.14. The van der Waals surface area contributed by atoms with E-state index in [0.29, 0.717) is 24.5 Å². The molecule has 7 heteroatoms. The van der Waals surface area contributed by atoms with Crippen LogP contribution in [-0.2, 0) is 20.8 Å². The van der Waals surface area contributed by atoms with Crippen molar-refractivity contribution in [3.63, 3.8) is 0 Å². The van der Waals surface area contributed by atoms with Crippen LogP contribution in [0.1, 0.15) is 43.5 Å². The van der Waals surface area contributed by atoms with Crippen molar-refractivity contribution in [2.24, 2.45) is 0 Å². The number of rotatable bonds is 5. The number of carbonyl (C=O) groups excluding carboxylic acids is 1. The first-order valence-corrected chi connectivity index (χ1v) is 9.78. The molecule has 1 amide bonds. The number of morpholine rings is 1. The third-order valence-electron chi connectivity index (χ3n) is 5.47. The summed E-state index contributed by atoms with van der Waals surface area (Å²) in [4.78, 5) is 14.8. The minimum Gasteiger partial charge on any atom is -0.376 e. The molecule has 27 heavy (non-hydrogen) atoms. The van der Waals surface area contributed by atoms with Crippen LogP contribution in [0.3, 0.4) is 0 Å². The van der Waals surface area contributed by atoms with E-state index in [1.807, 2.05) is 32.3 Å². The van der Waals surface area contributed by atoms with E-state index in [1.54, 1.807) is 0 Å². The second kappa shape index (κ2) is 8.42. The number of anilines is 1. The highest BCUT2D eigenvalue weighted by atomic mass is 16.5. The van der Waals surface area contributed by atoms with Crippen molar-refractivity contribution >= 4 is 11.7 Å². The highest BCUT2D eigenvalue weighted by molar-refractivity contribution is 5.93. The average molecular weight is 374 g/mol. The van der Waals surface area contributed by atoms with Gasteiger partial charge in [-0.3, -0.25) is 9.69 Å². The summed E-state index contributed by atoms with van der Waals surface area (Å²) in [6.07, 6.45) is 2.44. The Hall–Kier alpha value is -1.88. The summed E-state index contributed by atoms with van der Waals surface area (Å²) < 4.78 is 13.5. The number of nitrogens with zero attached hydrogens (tertiary/aromatic N) is 3. The number of carbonyl (C=O) groups is 1. The summed E-state index contributed by atoms with van der Waals surface area (Å²) in [6.45, 7) is 11.2. The van der Waals surface area contributed by atoms with Crippen LogP contribution in [0.2, 0.25) is 0 Å². The van der Waals surface area contributed by atoms with Crippen LogP contribution in [0, 0.1) is 25.2 Å². The van der Waals surface area contributed by atoms with Crippen molar-refractivity contribution < 1.29 is 14.3 Å². The fourth-order valence-corrected chi connectivity index (χ4v) is 4.14. The lowest BCUT2D eigenvalue weighted by Gasteiger charge is -2.34. The van der Waals surface area contributed by atoms with Crippen LogP contribution >= 0.6 is 0 Å². The maximum atomic E-state index is 12.7. The Bertz CT molecular complexity index is 721.